The van der Waals surface area contributed by atoms with E-state index in [4.69, 9.17) is 5.73 Å². The third-order valence-corrected chi connectivity index (χ3v) is 8.66. The number of carbonyl (C=O) groups excluding carboxylic acids is 2. The molecule has 1 aromatic carbocycles. The number of nitrogens with one attached hydrogen (secondary N) is 1. The van der Waals surface area contributed by atoms with Crippen LogP contribution < -0.4 is 5.73 Å². The number of primary amides is 1. The summed E-state index contributed by atoms with van der Waals surface area (Å²) in [7, 11) is -3.18. The van der Waals surface area contributed by atoms with Crippen LogP contribution in [-0.4, -0.2) is 48.7 Å². The number of thiophene rings is 1. The number of aromatic nitrogens is 1. The molecule has 3 aromatic rings. The summed E-state index contributed by atoms with van der Waals surface area (Å²) >= 11 is 1.44. The maximum atomic E-state index is 12.2. The molecule has 4 rings (SSSR count). The van der Waals surface area contributed by atoms with Crippen LogP contribution in [-0.2, 0) is 10.0 Å². The van der Waals surface area contributed by atoms with E-state index in [1.807, 2.05) is 12.3 Å². The van der Waals surface area contributed by atoms with Gasteiger partial charge in [-0.1, -0.05) is 0 Å². The fourth-order valence-corrected chi connectivity index (χ4v) is 6.10. The Hall–Kier alpha value is -2.49. The van der Waals surface area contributed by atoms with E-state index in [0.717, 1.165) is 40.5 Å². The van der Waals surface area contributed by atoms with Crippen molar-refractivity contribution in [1.82, 2.24) is 9.29 Å². The highest BCUT2D eigenvalue weighted by atomic mass is 32.2. The molecule has 30 heavy (non-hydrogen) atoms. The monoisotopic (exact) mass is 445 g/mol. The molecule has 9 heteroatoms. The van der Waals surface area contributed by atoms with E-state index >= 15 is 0 Å². The van der Waals surface area contributed by atoms with Gasteiger partial charge in [-0.15, -0.1) is 11.3 Å². The minimum atomic E-state index is -3.18. The zero-order chi connectivity index (χ0) is 21.5. The molecular weight excluding hydrogens is 422 g/mol. The van der Waals surface area contributed by atoms with Crippen molar-refractivity contribution in [3.05, 3.63) is 46.5 Å². The lowest BCUT2D eigenvalue weighted by molar-refractivity contribution is 0.100. The minimum absolute atomic E-state index is 0.111. The number of amides is 1. The van der Waals surface area contributed by atoms with E-state index in [1.165, 1.54) is 11.3 Å². The Balaban J connectivity index is 1.73. The number of hydrogen-bond acceptors (Lipinski definition) is 5. The molecule has 1 aliphatic rings. The van der Waals surface area contributed by atoms with Crippen molar-refractivity contribution >= 4 is 44.5 Å². The van der Waals surface area contributed by atoms with Gasteiger partial charge < -0.3 is 10.7 Å². The van der Waals surface area contributed by atoms with E-state index in [0.29, 0.717) is 29.7 Å². The van der Waals surface area contributed by atoms with Gasteiger partial charge in [0.1, 0.15) is 0 Å². The largest absolute Gasteiger partial charge is 0.366 e. The number of hydrogen-bond donors (Lipinski definition) is 2. The van der Waals surface area contributed by atoms with Crippen LogP contribution in [0.15, 0.2) is 29.8 Å². The smallest absolute Gasteiger partial charge is 0.250 e. The second kappa shape index (κ2) is 7.98. The molecule has 3 N–H and O–H groups in total. The van der Waals surface area contributed by atoms with Crippen molar-refractivity contribution in [3.63, 3.8) is 0 Å². The number of H-pyrrole nitrogens is 1. The van der Waals surface area contributed by atoms with Crippen LogP contribution in [0.4, 0.5) is 0 Å². The van der Waals surface area contributed by atoms with Crippen molar-refractivity contribution in [2.24, 2.45) is 5.73 Å². The van der Waals surface area contributed by atoms with Crippen LogP contribution in [0.3, 0.4) is 0 Å². The van der Waals surface area contributed by atoms with Crippen molar-refractivity contribution < 1.29 is 18.0 Å². The van der Waals surface area contributed by atoms with Crippen molar-refractivity contribution in [1.29, 1.82) is 0 Å². The molecule has 7 nitrogen and oxygen atoms in total. The maximum absolute atomic E-state index is 12.2. The number of fused-ring (bicyclic) bond motifs is 1. The summed E-state index contributed by atoms with van der Waals surface area (Å²) in [5.74, 6) is -0.224. The van der Waals surface area contributed by atoms with Crippen molar-refractivity contribution in [3.8, 4) is 10.4 Å². The van der Waals surface area contributed by atoms with Gasteiger partial charge in [-0.3, -0.25) is 9.59 Å². The highest BCUT2D eigenvalue weighted by Gasteiger charge is 2.29. The molecule has 0 aliphatic carbocycles. The molecule has 158 valence electrons. The van der Waals surface area contributed by atoms with Crippen LogP contribution in [0.1, 0.15) is 52.0 Å². The predicted molar refractivity (Wildman–Crippen MR) is 119 cm³/mol. The van der Waals surface area contributed by atoms with Crippen LogP contribution >= 0.6 is 11.3 Å². The number of aldehydes is 1. The standard InChI is InChI=1S/C21H23N3O4S2/c1-2-30(27,28)24-5-3-14(4-6-24)18-10-23-20-16(18)8-15(9-17(20)21(22)26)19-7-13(11-25)12-29-19/h7-12,14,23H,2-6H2,1H3,(H2,22,26). The summed E-state index contributed by atoms with van der Waals surface area (Å²) in [5.41, 5.74) is 9.23. The van der Waals surface area contributed by atoms with E-state index in [1.54, 1.807) is 28.7 Å². The van der Waals surface area contributed by atoms with E-state index < -0.39 is 15.9 Å². The molecule has 0 spiro atoms. The number of sulfonamides is 1. The van der Waals surface area contributed by atoms with Crippen LogP contribution in [0.25, 0.3) is 21.3 Å². The fourth-order valence-electron chi connectivity index (χ4n) is 4.12. The topological polar surface area (TPSA) is 113 Å². The Morgan fingerprint density at radius 3 is 2.63 bits per heavy atom. The van der Waals surface area contributed by atoms with Crippen LogP contribution in [0.2, 0.25) is 0 Å². The third-order valence-electron chi connectivity index (χ3n) is 5.78. The first-order valence-corrected chi connectivity index (χ1v) is 12.3. The van der Waals surface area contributed by atoms with E-state index in [2.05, 4.69) is 4.98 Å². The van der Waals surface area contributed by atoms with Gasteiger partial charge in [-0.2, -0.15) is 0 Å². The first-order valence-electron chi connectivity index (χ1n) is 9.80. The zero-order valence-corrected chi connectivity index (χ0v) is 18.2. The lowest BCUT2D eigenvalue weighted by Crippen LogP contribution is -2.38. The lowest BCUT2D eigenvalue weighted by Gasteiger charge is -2.31. The lowest BCUT2D eigenvalue weighted by atomic mass is 9.89. The molecule has 1 amide bonds. The maximum Gasteiger partial charge on any atom is 0.250 e. The summed E-state index contributed by atoms with van der Waals surface area (Å²) in [5, 5.41) is 2.69. The third kappa shape index (κ3) is 3.68. The summed E-state index contributed by atoms with van der Waals surface area (Å²) in [6.45, 7) is 2.64. The highest BCUT2D eigenvalue weighted by molar-refractivity contribution is 7.89. The average Bonchev–Trinajstić information content (AvgIpc) is 3.40. The number of nitrogens with two attached hydrogens (primary N) is 1. The molecule has 0 unspecified atom stereocenters. The second-order valence-electron chi connectivity index (χ2n) is 7.49. The minimum Gasteiger partial charge on any atom is -0.366 e. The molecular formula is C21H23N3O4S2. The molecule has 0 atom stereocenters. The van der Waals surface area contributed by atoms with Gasteiger partial charge in [0.05, 0.1) is 16.8 Å². The van der Waals surface area contributed by atoms with E-state index in [9.17, 15) is 18.0 Å². The summed E-state index contributed by atoms with van der Waals surface area (Å²) < 4.78 is 25.9. The number of benzene rings is 1. The highest BCUT2D eigenvalue weighted by Crippen LogP contribution is 2.38. The Labute approximate surface area is 178 Å². The predicted octanol–water partition coefficient (Wildman–Crippen LogP) is 3.34. The summed E-state index contributed by atoms with van der Waals surface area (Å²) in [6.07, 6.45) is 4.14. The molecule has 1 fully saturated rings. The molecule has 1 saturated heterocycles. The SMILES string of the molecule is CCS(=O)(=O)N1CCC(c2c[nH]c3c(C(N)=O)cc(-c4cc(C=O)cs4)cc23)CC1. The van der Waals surface area contributed by atoms with Gasteiger partial charge in [0.15, 0.2) is 6.29 Å². The van der Waals surface area contributed by atoms with Gasteiger partial charge >= 0.3 is 0 Å². The first kappa shape index (κ1) is 20.8. The average molecular weight is 446 g/mol. The summed E-state index contributed by atoms with van der Waals surface area (Å²) in [4.78, 5) is 27.2. The Morgan fingerprint density at radius 2 is 2.03 bits per heavy atom. The number of rotatable bonds is 6. The van der Waals surface area contributed by atoms with Gasteiger partial charge in [0.2, 0.25) is 10.0 Å². The summed E-state index contributed by atoms with van der Waals surface area (Å²) in [6, 6.07) is 5.56. The number of aromatic amines is 1. The first-order chi connectivity index (χ1) is 14.3. The Bertz CT molecular complexity index is 1220. The molecule has 2 aromatic heterocycles. The van der Waals surface area contributed by atoms with Gasteiger partial charge in [-0.05, 0) is 55.0 Å². The zero-order valence-electron chi connectivity index (χ0n) is 16.6. The molecule has 3 heterocycles. The van der Waals surface area contributed by atoms with Crippen molar-refractivity contribution in [2.45, 2.75) is 25.7 Å². The molecule has 0 saturated carbocycles. The Morgan fingerprint density at radius 1 is 1.30 bits per heavy atom. The van der Waals surface area contributed by atoms with Gasteiger partial charge in [0.25, 0.3) is 5.91 Å². The molecule has 1 aliphatic heterocycles. The quantitative estimate of drug-likeness (QED) is 0.567. The normalized spacial score (nSPS) is 16.2. The van der Waals surface area contributed by atoms with Crippen molar-refractivity contribution in [2.75, 3.05) is 18.8 Å². The number of nitrogens with zero attached hydrogens (tertiary/aromatic N) is 1. The fraction of sp³-hybridized carbons (Fsp3) is 0.333. The number of carbonyl (C=O) groups is 2. The van der Waals surface area contributed by atoms with Gasteiger partial charge in [0, 0.05) is 40.5 Å². The van der Waals surface area contributed by atoms with Crippen LogP contribution in [0, 0.1) is 0 Å². The number of piperidine rings is 1. The second-order valence-corrected chi connectivity index (χ2v) is 10.7. The Kier molecular flexibility index (Phi) is 5.52. The van der Waals surface area contributed by atoms with E-state index in [-0.39, 0.29) is 11.7 Å². The molecule has 0 radical (unpaired) electrons. The van der Waals surface area contributed by atoms with Gasteiger partial charge in [-0.25, -0.2) is 12.7 Å². The van der Waals surface area contributed by atoms with Crippen LogP contribution in [0.5, 0.6) is 0 Å². The molecule has 0 bridgehead atoms.